The third-order valence-corrected chi connectivity index (χ3v) is 4.90. The Balaban J connectivity index is 2.15. The van der Waals surface area contributed by atoms with E-state index >= 15 is 0 Å². The zero-order valence-corrected chi connectivity index (χ0v) is 12.3. The Hall–Kier alpha value is -0.930. The van der Waals surface area contributed by atoms with Crippen molar-refractivity contribution in [1.29, 1.82) is 0 Å². The second-order valence-corrected chi connectivity index (χ2v) is 5.84. The van der Waals surface area contributed by atoms with Crippen LogP contribution < -0.4 is 5.73 Å². The van der Waals surface area contributed by atoms with E-state index in [0.717, 1.165) is 24.7 Å². The molecule has 2 unspecified atom stereocenters. The minimum atomic E-state index is 0.171. The topological polar surface area (TPSA) is 42.1 Å². The van der Waals surface area contributed by atoms with Crippen molar-refractivity contribution in [2.24, 2.45) is 11.7 Å². The molecule has 3 heteroatoms. The normalized spacial score (nSPS) is 27.7. The van der Waals surface area contributed by atoms with E-state index in [1.165, 1.54) is 32.1 Å². The summed E-state index contributed by atoms with van der Waals surface area (Å²) in [5.41, 5.74) is 7.51. The van der Waals surface area contributed by atoms with Gasteiger partial charge in [0.05, 0.1) is 5.69 Å². The van der Waals surface area contributed by atoms with Gasteiger partial charge in [0.1, 0.15) is 0 Å². The van der Waals surface area contributed by atoms with Gasteiger partial charge in [0.25, 0.3) is 0 Å². The number of hydrogen-bond acceptors (Lipinski definition) is 3. The van der Waals surface area contributed by atoms with Crippen LogP contribution in [0.4, 0.5) is 0 Å². The Kier molecular flexibility index (Phi) is 4.94. The molecule has 2 N–H and O–H groups in total. The molecule has 0 spiro atoms. The van der Waals surface area contributed by atoms with Crippen LogP contribution in [0.2, 0.25) is 0 Å². The molecule has 0 bridgehead atoms. The van der Waals surface area contributed by atoms with Crippen LogP contribution in [0.5, 0.6) is 0 Å². The van der Waals surface area contributed by atoms with E-state index in [9.17, 15) is 0 Å². The summed E-state index contributed by atoms with van der Waals surface area (Å²) < 4.78 is 0. The van der Waals surface area contributed by atoms with Gasteiger partial charge in [-0.15, -0.1) is 0 Å². The third kappa shape index (κ3) is 2.98. The molecule has 0 aliphatic heterocycles. The van der Waals surface area contributed by atoms with Crippen LogP contribution in [0.1, 0.15) is 44.7 Å². The van der Waals surface area contributed by atoms with Gasteiger partial charge >= 0.3 is 0 Å². The zero-order valence-electron chi connectivity index (χ0n) is 12.3. The largest absolute Gasteiger partial charge is 0.329 e. The lowest BCUT2D eigenvalue weighted by atomic mass is 9.70. The van der Waals surface area contributed by atoms with Crippen molar-refractivity contribution >= 4 is 0 Å². The van der Waals surface area contributed by atoms with E-state index in [1.54, 1.807) is 0 Å². The quantitative estimate of drug-likeness (QED) is 0.886. The number of nitrogens with zero attached hydrogens (tertiary/aromatic N) is 2. The molecule has 106 valence electrons. The van der Waals surface area contributed by atoms with Gasteiger partial charge in [0.2, 0.25) is 0 Å². The average molecular weight is 261 g/mol. The second-order valence-electron chi connectivity index (χ2n) is 5.84. The van der Waals surface area contributed by atoms with Gasteiger partial charge in [-0.1, -0.05) is 32.3 Å². The van der Waals surface area contributed by atoms with Gasteiger partial charge in [0.15, 0.2) is 0 Å². The van der Waals surface area contributed by atoms with Crippen LogP contribution in [-0.2, 0) is 6.54 Å². The predicted octanol–water partition coefficient (Wildman–Crippen LogP) is 2.81. The molecule has 1 aliphatic carbocycles. The molecule has 1 fully saturated rings. The highest BCUT2D eigenvalue weighted by molar-refractivity contribution is 5.06. The SMILES string of the molecule is CCC1CCCCC1(CN)N(C)Cc1ccccn1. The van der Waals surface area contributed by atoms with Crippen LogP contribution in [-0.4, -0.2) is 29.0 Å². The smallest absolute Gasteiger partial charge is 0.0544 e. The first-order valence-corrected chi connectivity index (χ1v) is 7.54. The minimum absolute atomic E-state index is 0.171. The predicted molar refractivity (Wildman–Crippen MR) is 79.7 cm³/mol. The Morgan fingerprint density at radius 3 is 2.89 bits per heavy atom. The maximum atomic E-state index is 6.20. The third-order valence-electron chi connectivity index (χ3n) is 4.90. The molecule has 0 amide bonds. The van der Waals surface area contributed by atoms with Crippen molar-refractivity contribution in [3.05, 3.63) is 30.1 Å². The second kappa shape index (κ2) is 6.49. The van der Waals surface area contributed by atoms with Crippen LogP contribution in [0.3, 0.4) is 0 Å². The lowest BCUT2D eigenvalue weighted by molar-refractivity contribution is 0.0169. The molecule has 19 heavy (non-hydrogen) atoms. The lowest BCUT2D eigenvalue weighted by Gasteiger charge is -2.49. The van der Waals surface area contributed by atoms with E-state index in [1.807, 2.05) is 12.3 Å². The summed E-state index contributed by atoms with van der Waals surface area (Å²) in [6.07, 6.45) is 8.31. The summed E-state index contributed by atoms with van der Waals surface area (Å²) in [5, 5.41) is 0. The fourth-order valence-electron chi connectivity index (χ4n) is 3.70. The molecule has 2 atom stereocenters. The maximum Gasteiger partial charge on any atom is 0.0544 e. The summed E-state index contributed by atoms with van der Waals surface area (Å²) in [6, 6.07) is 6.13. The van der Waals surface area contributed by atoms with Gasteiger partial charge in [-0.25, -0.2) is 0 Å². The number of rotatable bonds is 5. The summed E-state index contributed by atoms with van der Waals surface area (Å²) in [5.74, 6) is 0.722. The van der Waals surface area contributed by atoms with Crippen LogP contribution >= 0.6 is 0 Å². The first-order chi connectivity index (χ1) is 9.23. The van der Waals surface area contributed by atoms with Crippen molar-refractivity contribution in [3.8, 4) is 0 Å². The highest BCUT2D eigenvalue weighted by atomic mass is 15.2. The first-order valence-electron chi connectivity index (χ1n) is 7.54. The summed E-state index contributed by atoms with van der Waals surface area (Å²) in [7, 11) is 2.22. The number of likely N-dealkylation sites (N-methyl/N-ethyl adjacent to an activating group) is 1. The molecule has 0 saturated heterocycles. The van der Waals surface area contributed by atoms with E-state index in [0.29, 0.717) is 0 Å². The molecular formula is C16H27N3. The number of hydrogen-bond donors (Lipinski definition) is 1. The fraction of sp³-hybridized carbons (Fsp3) is 0.688. The zero-order chi connectivity index (χ0) is 13.7. The highest BCUT2D eigenvalue weighted by Gasteiger charge is 2.41. The van der Waals surface area contributed by atoms with Crippen molar-refractivity contribution in [3.63, 3.8) is 0 Å². The van der Waals surface area contributed by atoms with Crippen molar-refractivity contribution < 1.29 is 0 Å². The molecule has 1 aliphatic rings. The molecule has 1 heterocycles. The van der Waals surface area contributed by atoms with Crippen LogP contribution in [0.25, 0.3) is 0 Å². The van der Waals surface area contributed by atoms with Crippen molar-refractivity contribution in [1.82, 2.24) is 9.88 Å². The molecule has 1 aromatic rings. The summed E-state index contributed by atoms with van der Waals surface area (Å²) in [4.78, 5) is 6.91. The van der Waals surface area contributed by atoms with Gasteiger partial charge in [0, 0.05) is 24.8 Å². The fourth-order valence-corrected chi connectivity index (χ4v) is 3.70. The van der Waals surface area contributed by atoms with Gasteiger partial charge in [-0.05, 0) is 37.9 Å². The van der Waals surface area contributed by atoms with Crippen molar-refractivity contribution in [2.45, 2.75) is 51.1 Å². The molecule has 0 aromatic carbocycles. The molecule has 2 rings (SSSR count). The lowest BCUT2D eigenvalue weighted by Crippen LogP contribution is -2.58. The number of aromatic nitrogens is 1. The maximum absolute atomic E-state index is 6.20. The Labute approximate surface area is 117 Å². The molecule has 1 aromatic heterocycles. The minimum Gasteiger partial charge on any atom is -0.329 e. The molecule has 3 nitrogen and oxygen atoms in total. The number of nitrogens with two attached hydrogens (primary N) is 1. The monoisotopic (exact) mass is 261 g/mol. The van der Waals surface area contributed by atoms with E-state index in [4.69, 9.17) is 5.73 Å². The Morgan fingerprint density at radius 1 is 1.42 bits per heavy atom. The van der Waals surface area contributed by atoms with Crippen LogP contribution in [0, 0.1) is 5.92 Å². The number of pyridine rings is 1. The highest BCUT2D eigenvalue weighted by Crippen LogP contribution is 2.39. The first kappa shape index (κ1) is 14.5. The van der Waals surface area contributed by atoms with Gasteiger partial charge < -0.3 is 5.73 Å². The van der Waals surface area contributed by atoms with Gasteiger partial charge in [-0.3, -0.25) is 9.88 Å². The summed E-state index contributed by atoms with van der Waals surface area (Å²) >= 11 is 0. The Bertz CT molecular complexity index is 379. The Morgan fingerprint density at radius 2 is 2.26 bits per heavy atom. The van der Waals surface area contributed by atoms with E-state index in [2.05, 4.69) is 36.0 Å². The van der Waals surface area contributed by atoms with E-state index < -0.39 is 0 Å². The standard InChI is InChI=1S/C16H27N3/c1-3-14-8-4-6-10-16(14,13-17)19(2)12-15-9-5-7-11-18-15/h5,7,9,11,14H,3-4,6,8,10,12-13,17H2,1-2H3. The average Bonchev–Trinajstić information content (AvgIpc) is 2.47. The van der Waals surface area contributed by atoms with Crippen molar-refractivity contribution in [2.75, 3.05) is 13.6 Å². The van der Waals surface area contributed by atoms with Crippen LogP contribution in [0.15, 0.2) is 24.4 Å². The molecule has 0 radical (unpaired) electrons. The van der Waals surface area contributed by atoms with Gasteiger partial charge in [-0.2, -0.15) is 0 Å². The van der Waals surface area contributed by atoms with E-state index in [-0.39, 0.29) is 5.54 Å². The molecular weight excluding hydrogens is 234 g/mol. The molecule has 1 saturated carbocycles. The summed E-state index contributed by atoms with van der Waals surface area (Å²) in [6.45, 7) is 3.96.